The second kappa shape index (κ2) is 3.88. The van der Waals surface area contributed by atoms with Crippen molar-refractivity contribution in [3.8, 4) is 17.4 Å². The number of phenolic OH excluding ortho intramolecular Hbond substituents is 1. The highest BCUT2D eigenvalue weighted by Crippen LogP contribution is 2.28. The van der Waals surface area contributed by atoms with Gasteiger partial charge in [0.1, 0.15) is 6.33 Å². The molecule has 0 atom stereocenters. The number of phenols is 1. The van der Waals surface area contributed by atoms with Crippen LogP contribution in [0.4, 0.5) is 0 Å². The zero-order valence-corrected chi connectivity index (χ0v) is 9.07. The molecular weight excluding hydrogens is 236 g/mol. The van der Waals surface area contributed by atoms with Crippen LogP contribution in [0.25, 0.3) is 5.65 Å². The van der Waals surface area contributed by atoms with Gasteiger partial charge in [0.25, 0.3) is 0 Å². The molecule has 0 aliphatic carbocycles. The van der Waals surface area contributed by atoms with Crippen LogP contribution in [-0.2, 0) is 0 Å². The molecule has 2 aromatic heterocycles. The molecule has 0 aliphatic rings. The topological polar surface area (TPSA) is 92.5 Å². The molecule has 0 saturated heterocycles. The van der Waals surface area contributed by atoms with Crippen molar-refractivity contribution in [1.29, 1.82) is 0 Å². The average molecular weight is 244 g/mol. The zero-order valence-electron chi connectivity index (χ0n) is 9.07. The third-order valence-corrected chi connectivity index (χ3v) is 2.36. The van der Waals surface area contributed by atoms with Crippen LogP contribution in [0.15, 0.2) is 41.5 Å². The normalized spacial score (nSPS) is 10.7. The number of para-hydroxylation sites is 2. The van der Waals surface area contributed by atoms with Crippen molar-refractivity contribution in [1.82, 2.24) is 19.6 Å². The molecule has 7 heteroatoms. The number of aromatic amines is 1. The van der Waals surface area contributed by atoms with Gasteiger partial charge in [-0.15, -0.1) is 0 Å². The van der Waals surface area contributed by atoms with Gasteiger partial charge in [-0.3, -0.25) is 0 Å². The summed E-state index contributed by atoms with van der Waals surface area (Å²) in [5, 5.41) is 15.6. The summed E-state index contributed by atoms with van der Waals surface area (Å²) in [7, 11) is 0. The Labute approximate surface area is 100 Å². The number of fused-ring (bicyclic) bond motifs is 1. The summed E-state index contributed by atoms with van der Waals surface area (Å²) in [6, 6.07) is 8.02. The van der Waals surface area contributed by atoms with Crippen molar-refractivity contribution in [2.45, 2.75) is 0 Å². The number of aromatic nitrogens is 4. The molecule has 18 heavy (non-hydrogen) atoms. The summed E-state index contributed by atoms with van der Waals surface area (Å²) in [4.78, 5) is 15.2. The number of hydrogen-bond donors (Lipinski definition) is 2. The van der Waals surface area contributed by atoms with Gasteiger partial charge in [0.2, 0.25) is 5.88 Å². The number of benzene rings is 1. The van der Waals surface area contributed by atoms with E-state index < -0.39 is 0 Å². The monoisotopic (exact) mass is 244 g/mol. The number of ether oxygens (including phenoxy) is 1. The van der Waals surface area contributed by atoms with E-state index in [1.54, 1.807) is 18.2 Å². The third kappa shape index (κ3) is 1.67. The van der Waals surface area contributed by atoms with Crippen molar-refractivity contribution in [2.75, 3.05) is 0 Å². The first-order valence-corrected chi connectivity index (χ1v) is 5.13. The summed E-state index contributed by atoms with van der Waals surface area (Å²) in [6.07, 6.45) is 1.30. The maximum atomic E-state index is 11.2. The minimum Gasteiger partial charge on any atom is -0.504 e. The van der Waals surface area contributed by atoms with E-state index in [0.29, 0.717) is 5.65 Å². The zero-order chi connectivity index (χ0) is 12.5. The highest BCUT2D eigenvalue weighted by molar-refractivity contribution is 5.44. The van der Waals surface area contributed by atoms with Crippen LogP contribution in [-0.4, -0.2) is 24.7 Å². The first-order chi connectivity index (χ1) is 8.74. The summed E-state index contributed by atoms with van der Waals surface area (Å²) < 4.78 is 6.64. The SMILES string of the molecule is O=c1[nH]nc2cc(Oc3ccccc3O)ncn12. The highest BCUT2D eigenvalue weighted by Gasteiger charge is 2.06. The van der Waals surface area contributed by atoms with E-state index >= 15 is 0 Å². The molecule has 0 radical (unpaired) electrons. The third-order valence-electron chi connectivity index (χ3n) is 2.36. The summed E-state index contributed by atoms with van der Waals surface area (Å²) in [5.74, 6) is 0.536. The van der Waals surface area contributed by atoms with Gasteiger partial charge in [-0.2, -0.15) is 5.10 Å². The van der Waals surface area contributed by atoms with Crippen LogP contribution in [0.3, 0.4) is 0 Å². The fraction of sp³-hybridized carbons (Fsp3) is 0. The van der Waals surface area contributed by atoms with Gasteiger partial charge in [-0.1, -0.05) is 12.1 Å². The van der Waals surface area contributed by atoms with Gasteiger partial charge >= 0.3 is 5.69 Å². The fourth-order valence-electron chi connectivity index (χ4n) is 1.50. The molecule has 3 aromatic rings. The molecule has 90 valence electrons. The molecule has 0 saturated carbocycles. The van der Waals surface area contributed by atoms with E-state index in [1.807, 2.05) is 0 Å². The minimum atomic E-state index is -0.369. The van der Waals surface area contributed by atoms with Crippen molar-refractivity contribution < 1.29 is 9.84 Å². The second-order valence-electron chi connectivity index (χ2n) is 3.55. The van der Waals surface area contributed by atoms with Crippen LogP contribution >= 0.6 is 0 Å². The first kappa shape index (κ1) is 10.3. The van der Waals surface area contributed by atoms with Crippen molar-refractivity contribution in [2.24, 2.45) is 0 Å². The molecule has 0 fully saturated rings. The molecule has 2 heterocycles. The number of nitrogens with one attached hydrogen (secondary N) is 1. The Balaban J connectivity index is 2.00. The Kier molecular flexibility index (Phi) is 2.23. The Hall–Kier alpha value is -2.83. The quantitative estimate of drug-likeness (QED) is 0.699. The van der Waals surface area contributed by atoms with Gasteiger partial charge in [0.15, 0.2) is 17.1 Å². The predicted molar refractivity (Wildman–Crippen MR) is 61.8 cm³/mol. The van der Waals surface area contributed by atoms with Gasteiger partial charge in [0.05, 0.1) is 0 Å². The fourth-order valence-corrected chi connectivity index (χ4v) is 1.50. The molecule has 7 nitrogen and oxygen atoms in total. The van der Waals surface area contributed by atoms with E-state index in [2.05, 4.69) is 15.2 Å². The molecule has 0 unspecified atom stereocenters. The van der Waals surface area contributed by atoms with Crippen LogP contribution in [0.1, 0.15) is 0 Å². The molecule has 3 rings (SSSR count). The lowest BCUT2D eigenvalue weighted by Gasteiger charge is -2.05. The largest absolute Gasteiger partial charge is 0.504 e. The van der Waals surface area contributed by atoms with Crippen LogP contribution in [0.2, 0.25) is 0 Å². The van der Waals surface area contributed by atoms with Crippen LogP contribution in [0, 0.1) is 0 Å². The van der Waals surface area contributed by atoms with Crippen molar-refractivity contribution >= 4 is 5.65 Å². The minimum absolute atomic E-state index is 0.0126. The highest BCUT2D eigenvalue weighted by atomic mass is 16.5. The Morgan fingerprint density at radius 2 is 2.17 bits per heavy atom. The second-order valence-corrected chi connectivity index (χ2v) is 3.55. The lowest BCUT2D eigenvalue weighted by Crippen LogP contribution is -2.09. The van der Waals surface area contributed by atoms with Gasteiger partial charge in [-0.25, -0.2) is 19.3 Å². The van der Waals surface area contributed by atoms with E-state index in [9.17, 15) is 9.90 Å². The average Bonchev–Trinajstić information content (AvgIpc) is 2.74. The van der Waals surface area contributed by atoms with Crippen molar-refractivity contribution in [3.05, 3.63) is 47.1 Å². The van der Waals surface area contributed by atoms with E-state index in [0.717, 1.165) is 0 Å². The summed E-state index contributed by atoms with van der Waals surface area (Å²) >= 11 is 0. The van der Waals surface area contributed by atoms with Gasteiger partial charge in [-0.05, 0) is 12.1 Å². The Morgan fingerprint density at radius 1 is 1.33 bits per heavy atom. The van der Waals surface area contributed by atoms with E-state index in [4.69, 9.17) is 4.74 Å². The maximum absolute atomic E-state index is 11.2. The Bertz CT molecular complexity index is 762. The van der Waals surface area contributed by atoms with Crippen LogP contribution in [0.5, 0.6) is 17.4 Å². The van der Waals surface area contributed by atoms with Crippen LogP contribution < -0.4 is 10.4 Å². The van der Waals surface area contributed by atoms with Gasteiger partial charge < -0.3 is 9.84 Å². The Morgan fingerprint density at radius 3 is 3.00 bits per heavy atom. The maximum Gasteiger partial charge on any atom is 0.348 e. The predicted octanol–water partition coefficient (Wildman–Crippen LogP) is 0.915. The molecule has 0 bridgehead atoms. The van der Waals surface area contributed by atoms with E-state index in [-0.39, 0.29) is 23.1 Å². The molecule has 0 aliphatic heterocycles. The molecule has 0 amide bonds. The van der Waals surface area contributed by atoms with Gasteiger partial charge in [0, 0.05) is 6.07 Å². The molecule has 0 spiro atoms. The number of rotatable bonds is 2. The number of H-pyrrole nitrogens is 1. The lowest BCUT2D eigenvalue weighted by molar-refractivity contribution is 0.402. The summed E-state index contributed by atoms with van der Waals surface area (Å²) in [5.41, 5.74) is 0.0204. The van der Waals surface area contributed by atoms with Crippen molar-refractivity contribution in [3.63, 3.8) is 0 Å². The first-order valence-electron chi connectivity index (χ1n) is 5.13. The molecular formula is C11H8N4O3. The number of hydrogen-bond acceptors (Lipinski definition) is 5. The van der Waals surface area contributed by atoms with E-state index in [1.165, 1.54) is 22.9 Å². The molecule has 1 aromatic carbocycles. The molecule has 2 N–H and O–H groups in total. The summed E-state index contributed by atoms with van der Waals surface area (Å²) in [6.45, 7) is 0. The smallest absolute Gasteiger partial charge is 0.348 e. The lowest BCUT2D eigenvalue weighted by atomic mass is 10.3. The number of nitrogens with zero attached hydrogens (tertiary/aromatic N) is 3. The standard InChI is InChI=1S/C11H8N4O3/c16-7-3-1-2-4-8(7)18-10-5-9-13-14-11(17)15(9)6-12-10/h1-6,16H,(H,14,17). The number of aromatic hydroxyl groups is 1.